The zero-order valence-electron chi connectivity index (χ0n) is 13.1. The summed E-state index contributed by atoms with van der Waals surface area (Å²) in [6, 6.07) is 13.7. The fourth-order valence-electron chi connectivity index (χ4n) is 1.99. The van der Waals surface area contributed by atoms with Gasteiger partial charge in [0.1, 0.15) is 0 Å². The van der Waals surface area contributed by atoms with Gasteiger partial charge in [0, 0.05) is 19.3 Å². The number of likely N-dealkylation sites (N-methyl/N-ethyl adjacent to an activating group) is 1. The molecule has 0 aliphatic rings. The molecule has 0 atom stereocenters. The molecule has 2 aromatic carbocycles. The number of hydrogen-bond acceptors (Lipinski definition) is 4. The zero-order chi connectivity index (χ0) is 16.9. The summed E-state index contributed by atoms with van der Waals surface area (Å²) in [7, 11) is -1.92. The zero-order valence-corrected chi connectivity index (χ0v) is 13.9. The topological polar surface area (TPSA) is 51.0 Å². The second-order valence-electron chi connectivity index (χ2n) is 5.14. The lowest BCUT2D eigenvalue weighted by atomic mass is 10.2. The maximum atomic E-state index is 12.1. The minimum atomic E-state index is -3.74. The molecule has 0 radical (unpaired) electrons. The number of aryl methyl sites for hydroxylation is 1. The van der Waals surface area contributed by atoms with Crippen LogP contribution in [0.1, 0.15) is 5.56 Å². The highest BCUT2D eigenvalue weighted by atomic mass is 32.2. The Morgan fingerprint density at radius 1 is 1.17 bits per heavy atom. The Balaban J connectivity index is 1.96. The molecule has 0 spiro atoms. The monoisotopic (exact) mass is 330 g/mol. The van der Waals surface area contributed by atoms with Crippen LogP contribution in [-0.4, -0.2) is 28.6 Å². The van der Waals surface area contributed by atoms with E-state index in [1.165, 1.54) is 12.1 Å². The number of benzene rings is 2. The Labute approximate surface area is 137 Å². The average molecular weight is 330 g/mol. The smallest absolute Gasteiger partial charge is 0.297 e. The normalized spacial score (nSPS) is 11.0. The lowest BCUT2D eigenvalue weighted by molar-refractivity contribution is 0.325. The molecule has 0 aliphatic heterocycles. The van der Waals surface area contributed by atoms with Gasteiger partial charge in [0.2, 0.25) is 0 Å². The molecule has 0 saturated heterocycles. The van der Waals surface area contributed by atoms with E-state index >= 15 is 0 Å². The van der Waals surface area contributed by atoms with Crippen LogP contribution in [0.4, 0.5) is 11.4 Å². The van der Waals surface area contributed by atoms with Gasteiger partial charge in [-0.15, -0.1) is 0 Å². The third kappa shape index (κ3) is 4.55. The maximum absolute atomic E-state index is 12.1. The summed E-state index contributed by atoms with van der Waals surface area (Å²) in [6.45, 7) is 9.34. The lowest BCUT2D eigenvalue weighted by Gasteiger charge is -2.19. The van der Waals surface area contributed by atoms with Gasteiger partial charge < -0.3 is 4.90 Å². The van der Waals surface area contributed by atoms with E-state index in [1.807, 2.05) is 24.9 Å². The van der Waals surface area contributed by atoms with Crippen molar-refractivity contribution >= 4 is 21.5 Å². The van der Waals surface area contributed by atoms with Gasteiger partial charge in [-0.25, -0.2) is 4.85 Å². The summed E-state index contributed by atoms with van der Waals surface area (Å²) in [5.74, 6) is 0. The predicted molar refractivity (Wildman–Crippen MR) is 90.3 cm³/mol. The van der Waals surface area contributed by atoms with Crippen molar-refractivity contribution in [1.29, 1.82) is 0 Å². The Hall–Kier alpha value is -2.36. The molecular weight excluding hydrogens is 312 g/mol. The van der Waals surface area contributed by atoms with Crippen LogP contribution in [0.5, 0.6) is 0 Å². The van der Waals surface area contributed by atoms with Crippen LogP contribution in [0.25, 0.3) is 4.85 Å². The summed E-state index contributed by atoms with van der Waals surface area (Å²) in [5, 5.41) is 0. The van der Waals surface area contributed by atoms with Gasteiger partial charge >= 0.3 is 0 Å². The van der Waals surface area contributed by atoms with Gasteiger partial charge in [-0.3, -0.25) is 4.18 Å². The second-order valence-corrected chi connectivity index (χ2v) is 6.76. The van der Waals surface area contributed by atoms with Crippen molar-refractivity contribution < 1.29 is 12.6 Å². The first-order valence-corrected chi connectivity index (χ1v) is 8.48. The van der Waals surface area contributed by atoms with Gasteiger partial charge in [0.05, 0.1) is 18.1 Å². The second kappa shape index (κ2) is 7.27. The van der Waals surface area contributed by atoms with Crippen molar-refractivity contribution in [1.82, 2.24) is 0 Å². The molecule has 120 valence electrons. The average Bonchev–Trinajstić information content (AvgIpc) is 2.55. The van der Waals surface area contributed by atoms with Crippen molar-refractivity contribution in [2.45, 2.75) is 11.8 Å². The Kier molecular flexibility index (Phi) is 5.37. The third-order valence-corrected chi connectivity index (χ3v) is 4.70. The van der Waals surface area contributed by atoms with Crippen molar-refractivity contribution in [3.05, 3.63) is 65.5 Å². The first kappa shape index (κ1) is 17.0. The fourth-order valence-corrected chi connectivity index (χ4v) is 2.89. The highest BCUT2D eigenvalue weighted by Gasteiger charge is 2.15. The molecule has 2 aromatic rings. The van der Waals surface area contributed by atoms with Gasteiger partial charge in [-0.05, 0) is 31.2 Å². The molecule has 0 fully saturated rings. The van der Waals surface area contributed by atoms with Gasteiger partial charge in [0.25, 0.3) is 10.1 Å². The van der Waals surface area contributed by atoms with Crippen molar-refractivity contribution in [2.75, 3.05) is 25.1 Å². The number of nitrogens with zero attached hydrogens (tertiary/aromatic N) is 2. The van der Waals surface area contributed by atoms with E-state index in [-0.39, 0.29) is 11.5 Å². The molecule has 6 heteroatoms. The molecule has 0 saturated carbocycles. The summed E-state index contributed by atoms with van der Waals surface area (Å²) < 4.78 is 29.2. The molecular formula is C17H18N2O3S. The SMILES string of the molecule is [C-]#[N+]c1cccc(N(C)CCOS(=O)(=O)c2ccc(C)cc2)c1. The molecule has 0 unspecified atom stereocenters. The van der Waals surface area contributed by atoms with Crippen molar-refractivity contribution in [3.8, 4) is 0 Å². The Morgan fingerprint density at radius 2 is 1.87 bits per heavy atom. The highest BCUT2D eigenvalue weighted by Crippen LogP contribution is 2.20. The third-order valence-electron chi connectivity index (χ3n) is 3.37. The van der Waals surface area contributed by atoms with Crippen LogP contribution >= 0.6 is 0 Å². The molecule has 5 nitrogen and oxygen atoms in total. The largest absolute Gasteiger partial charge is 0.373 e. The minimum absolute atomic E-state index is 0.0367. The maximum Gasteiger partial charge on any atom is 0.297 e. The van der Waals surface area contributed by atoms with E-state index < -0.39 is 10.1 Å². The highest BCUT2D eigenvalue weighted by molar-refractivity contribution is 7.86. The number of anilines is 1. The first-order chi connectivity index (χ1) is 10.9. The van der Waals surface area contributed by atoms with Gasteiger partial charge in [-0.2, -0.15) is 8.42 Å². The molecule has 0 heterocycles. The van der Waals surface area contributed by atoms with E-state index in [1.54, 1.807) is 30.3 Å². The van der Waals surface area contributed by atoms with E-state index in [2.05, 4.69) is 4.85 Å². The number of rotatable bonds is 6. The molecule has 0 aliphatic carbocycles. The summed E-state index contributed by atoms with van der Waals surface area (Å²) in [4.78, 5) is 5.38. The molecule has 0 N–H and O–H groups in total. The summed E-state index contributed by atoms with van der Waals surface area (Å²) in [5.41, 5.74) is 2.38. The van der Waals surface area contributed by atoms with Gasteiger partial charge in [0.15, 0.2) is 5.69 Å². The van der Waals surface area contributed by atoms with Crippen LogP contribution in [0.3, 0.4) is 0 Å². The van der Waals surface area contributed by atoms with Crippen LogP contribution < -0.4 is 4.90 Å². The molecule has 2 rings (SSSR count). The quantitative estimate of drug-likeness (QED) is 0.602. The fraction of sp³-hybridized carbons (Fsp3) is 0.235. The van der Waals surface area contributed by atoms with Gasteiger partial charge in [-0.1, -0.05) is 29.8 Å². The van der Waals surface area contributed by atoms with Crippen LogP contribution in [0, 0.1) is 13.5 Å². The standard InChI is InChI=1S/C17H18N2O3S/c1-14-7-9-17(10-8-14)23(20,21)22-12-11-19(3)16-6-4-5-15(13-16)18-2/h4-10,13H,11-12H2,1,3H3. The van der Waals surface area contributed by atoms with E-state index in [0.29, 0.717) is 12.2 Å². The lowest BCUT2D eigenvalue weighted by Crippen LogP contribution is -2.24. The number of hydrogen-bond donors (Lipinski definition) is 0. The van der Waals surface area contributed by atoms with E-state index in [9.17, 15) is 8.42 Å². The predicted octanol–water partition coefficient (Wildman–Crippen LogP) is 3.39. The first-order valence-electron chi connectivity index (χ1n) is 7.07. The van der Waals surface area contributed by atoms with Crippen LogP contribution in [0.15, 0.2) is 53.4 Å². The Bertz CT molecular complexity index is 808. The van der Waals surface area contributed by atoms with Crippen molar-refractivity contribution in [2.24, 2.45) is 0 Å². The van der Waals surface area contributed by atoms with Crippen LogP contribution in [-0.2, 0) is 14.3 Å². The van der Waals surface area contributed by atoms with E-state index in [0.717, 1.165) is 11.3 Å². The van der Waals surface area contributed by atoms with Crippen LogP contribution in [0.2, 0.25) is 0 Å². The summed E-state index contributed by atoms with van der Waals surface area (Å²) >= 11 is 0. The molecule has 0 bridgehead atoms. The summed E-state index contributed by atoms with van der Waals surface area (Å²) in [6.07, 6.45) is 0. The van der Waals surface area contributed by atoms with Crippen molar-refractivity contribution in [3.63, 3.8) is 0 Å². The molecule has 0 amide bonds. The van der Waals surface area contributed by atoms with E-state index in [4.69, 9.17) is 10.8 Å². The Morgan fingerprint density at radius 3 is 2.52 bits per heavy atom. The molecule has 0 aromatic heterocycles. The molecule has 23 heavy (non-hydrogen) atoms. The minimum Gasteiger partial charge on any atom is -0.373 e.